The summed E-state index contributed by atoms with van der Waals surface area (Å²) in [7, 11) is 0. The van der Waals surface area contributed by atoms with E-state index in [9.17, 15) is 4.79 Å². The van der Waals surface area contributed by atoms with Crippen LogP contribution in [0.5, 0.6) is 0 Å². The highest BCUT2D eigenvalue weighted by atomic mass is 32.1. The van der Waals surface area contributed by atoms with Crippen LogP contribution in [0.2, 0.25) is 0 Å². The molecule has 1 amide bonds. The average Bonchev–Trinajstić information content (AvgIpc) is 2.52. The van der Waals surface area contributed by atoms with E-state index in [1.54, 1.807) is 11.3 Å². The van der Waals surface area contributed by atoms with Crippen LogP contribution in [0, 0.1) is 12.3 Å². The first-order valence-corrected chi connectivity index (χ1v) is 3.97. The van der Waals surface area contributed by atoms with Gasteiger partial charge in [0, 0.05) is 4.88 Å². The van der Waals surface area contributed by atoms with Gasteiger partial charge in [0.15, 0.2) is 0 Å². The number of terminal acetylenes is 1. The Kier molecular flexibility index (Phi) is 2.70. The minimum absolute atomic E-state index is 0.363. The topological polar surface area (TPSA) is 29.1 Å². The summed E-state index contributed by atoms with van der Waals surface area (Å²) >= 11 is 1.59. The summed E-state index contributed by atoms with van der Waals surface area (Å²) in [5, 5.41) is 4.53. The zero-order valence-electron chi connectivity index (χ0n) is 5.83. The number of rotatable bonds is 2. The van der Waals surface area contributed by atoms with Crippen LogP contribution in [0.4, 0.5) is 0 Å². The molecule has 2 nitrogen and oxygen atoms in total. The molecule has 0 radical (unpaired) electrons. The van der Waals surface area contributed by atoms with E-state index < -0.39 is 0 Å². The minimum atomic E-state index is -0.363. The van der Waals surface area contributed by atoms with Crippen molar-refractivity contribution in [3.8, 4) is 12.3 Å². The Morgan fingerprint density at radius 1 is 1.82 bits per heavy atom. The van der Waals surface area contributed by atoms with Crippen LogP contribution in [-0.2, 0) is 11.3 Å². The second-order valence-corrected chi connectivity index (χ2v) is 2.94. The Morgan fingerprint density at radius 2 is 2.64 bits per heavy atom. The quantitative estimate of drug-likeness (QED) is 0.651. The zero-order chi connectivity index (χ0) is 8.10. The maximum absolute atomic E-state index is 10.6. The molecule has 3 heteroatoms. The van der Waals surface area contributed by atoms with Gasteiger partial charge in [0.1, 0.15) is 0 Å². The first-order valence-electron chi connectivity index (χ1n) is 3.10. The van der Waals surface area contributed by atoms with Crippen molar-refractivity contribution in [2.24, 2.45) is 0 Å². The fraction of sp³-hybridized carbons (Fsp3) is 0.125. The number of hydrogen-bond acceptors (Lipinski definition) is 2. The largest absolute Gasteiger partial charge is 0.340 e. The van der Waals surface area contributed by atoms with E-state index in [0.29, 0.717) is 6.54 Å². The number of thiophene rings is 1. The van der Waals surface area contributed by atoms with Crippen molar-refractivity contribution in [1.82, 2.24) is 5.32 Å². The number of hydrogen-bond donors (Lipinski definition) is 1. The van der Waals surface area contributed by atoms with Crippen molar-refractivity contribution in [1.29, 1.82) is 0 Å². The summed E-state index contributed by atoms with van der Waals surface area (Å²) in [5.74, 6) is 1.62. The van der Waals surface area contributed by atoms with Crippen LogP contribution < -0.4 is 5.32 Å². The van der Waals surface area contributed by atoms with E-state index in [4.69, 9.17) is 6.42 Å². The van der Waals surface area contributed by atoms with Crippen LogP contribution in [0.3, 0.4) is 0 Å². The molecule has 1 rings (SSSR count). The molecule has 56 valence electrons. The van der Waals surface area contributed by atoms with Crippen LogP contribution >= 0.6 is 11.3 Å². The summed E-state index contributed by atoms with van der Waals surface area (Å²) in [4.78, 5) is 11.7. The molecular formula is C8H7NOS. The molecule has 0 spiro atoms. The fourth-order valence-electron chi connectivity index (χ4n) is 0.632. The van der Waals surface area contributed by atoms with Gasteiger partial charge in [-0.15, -0.1) is 17.8 Å². The lowest BCUT2D eigenvalue weighted by Gasteiger charge is -1.95. The van der Waals surface area contributed by atoms with Crippen molar-refractivity contribution in [3.63, 3.8) is 0 Å². The molecule has 0 aromatic carbocycles. The Morgan fingerprint density at radius 3 is 3.18 bits per heavy atom. The first kappa shape index (κ1) is 7.83. The van der Waals surface area contributed by atoms with Crippen LogP contribution in [0.15, 0.2) is 17.5 Å². The van der Waals surface area contributed by atoms with Crippen molar-refractivity contribution < 1.29 is 4.79 Å². The second-order valence-electron chi connectivity index (χ2n) is 1.91. The van der Waals surface area contributed by atoms with Gasteiger partial charge in [-0.1, -0.05) is 6.07 Å². The second kappa shape index (κ2) is 3.79. The van der Waals surface area contributed by atoms with E-state index in [0.717, 1.165) is 4.88 Å². The van der Waals surface area contributed by atoms with Gasteiger partial charge < -0.3 is 5.32 Å². The fourth-order valence-corrected chi connectivity index (χ4v) is 1.28. The molecular weight excluding hydrogens is 158 g/mol. The minimum Gasteiger partial charge on any atom is -0.340 e. The van der Waals surface area contributed by atoms with Crippen LogP contribution in [0.25, 0.3) is 0 Å². The molecule has 0 bridgehead atoms. The van der Waals surface area contributed by atoms with Gasteiger partial charge in [0.25, 0.3) is 5.91 Å². The van der Waals surface area contributed by atoms with Crippen molar-refractivity contribution >= 4 is 17.2 Å². The third-order valence-corrected chi connectivity index (χ3v) is 2.01. The smallest absolute Gasteiger partial charge is 0.295 e. The molecule has 11 heavy (non-hydrogen) atoms. The highest BCUT2D eigenvalue weighted by Crippen LogP contribution is 2.06. The first-order chi connectivity index (χ1) is 5.33. The van der Waals surface area contributed by atoms with Gasteiger partial charge in [0.2, 0.25) is 0 Å². The SMILES string of the molecule is C#CC(=O)NCc1cccs1. The number of amides is 1. The molecule has 0 aliphatic rings. The molecule has 0 aliphatic carbocycles. The molecule has 0 unspecified atom stereocenters. The lowest BCUT2D eigenvalue weighted by Crippen LogP contribution is -2.19. The predicted molar refractivity (Wildman–Crippen MR) is 45.0 cm³/mol. The lowest BCUT2D eigenvalue weighted by atomic mass is 10.4. The Hall–Kier alpha value is -1.27. The maximum atomic E-state index is 10.6. The summed E-state index contributed by atoms with van der Waals surface area (Å²) < 4.78 is 0. The average molecular weight is 165 g/mol. The number of carbonyl (C=O) groups excluding carboxylic acids is 1. The third-order valence-electron chi connectivity index (χ3n) is 1.13. The van der Waals surface area contributed by atoms with E-state index in [1.807, 2.05) is 23.4 Å². The van der Waals surface area contributed by atoms with Gasteiger partial charge >= 0.3 is 0 Å². The van der Waals surface area contributed by atoms with Gasteiger partial charge in [-0.05, 0) is 17.4 Å². The monoisotopic (exact) mass is 165 g/mol. The van der Waals surface area contributed by atoms with E-state index in [1.165, 1.54) is 0 Å². The summed E-state index contributed by atoms with van der Waals surface area (Å²) in [6.45, 7) is 0.528. The highest BCUT2D eigenvalue weighted by Gasteiger charge is 1.95. The van der Waals surface area contributed by atoms with Gasteiger partial charge in [-0.3, -0.25) is 4.79 Å². The number of carbonyl (C=O) groups is 1. The molecule has 1 heterocycles. The van der Waals surface area contributed by atoms with Gasteiger partial charge in [0.05, 0.1) is 6.54 Å². The van der Waals surface area contributed by atoms with E-state index in [-0.39, 0.29) is 5.91 Å². The summed E-state index contributed by atoms with van der Waals surface area (Å²) in [6.07, 6.45) is 4.85. The van der Waals surface area contributed by atoms with Crippen LogP contribution in [0.1, 0.15) is 4.88 Å². The maximum Gasteiger partial charge on any atom is 0.295 e. The zero-order valence-corrected chi connectivity index (χ0v) is 6.65. The van der Waals surface area contributed by atoms with E-state index in [2.05, 4.69) is 5.32 Å². The Balaban J connectivity index is 2.36. The molecule has 1 aromatic heterocycles. The van der Waals surface area contributed by atoms with Crippen molar-refractivity contribution in [2.45, 2.75) is 6.54 Å². The predicted octanol–water partition coefficient (Wildman–Crippen LogP) is 0.997. The van der Waals surface area contributed by atoms with Gasteiger partial charge in [-0.25, -0.2) is 0 Å². The highest BCUT2D eigenvalue weighted by molar-refractivity contribution is 7.09. The summed E-state index contributed by atoms with van der Waals surface area (Å²) in [5.41, 5.74) is 0. The Labute approximate surface area is 69.2 Å². The van der Waals surface area contributed by atoms with Crippen molar-refractivity contribution in [3.05, 3.63) is 22.4 Å². The van der Waals surface area contributed by atoms with Crippen molar-refractivity contribution in [2.75, 3.05) is 0 Å². The van der Waals surface area contributed by atoms with Crippen LogP contribution in [-0.4, -0.2) is 5.91 Å². The van der Waals surface area contributed by atoms with Gasteiger partial charge in [-0.2, -0.15) is 0 Å². The molecule has 0 atom stereocenters. The molecule has 1 aromatic rings. The molecule has 0 saturated carbocycles. The Bertz CT molecular complexity index is 271. The molecule has 1 N–H and O–H groups in total. The third kappa shape index (κ3) is 2.44. The lowest BCUT2D eigenvalue weighted by molar-refractivity contribution is -0.115. The van der Waals surface area contributed by atoms with E-state index >= 15 is 0 Å². The standard InChI is InChI=1S/C8H7NOS/c1-2-8(10)9-6-7-4-3-5-11-7/h1,3-5H,6H2,(H,9,10). The normalized spacial score (nSPS) is 8.64. The number of nitrogens with one attached hydrogen (secondary N) is 1. The molecule has 0 saturated heterocycles. The molecule has 0 fully saturated rings. The molecule has 0 aliphatic heterocycles. The summed E-state index contributed by atoms with van der Waals surface area (Å²) in [6, 6.07) is 3.88.